The lowest BCUT2D eigenvalue weighted by Gasteiger charge is -2.04. The number of hydrogen-bond acceptors (Lipinski definition) is 3. The zero-order valence-corrected chi connectivity index (χ0v) is 7.15. The van der Waals surface area contributed by atoms with Crippen LogP contribution in [0.4, 0.5) is 0 Å². The molecule has 0 saturated heterocycles. The molecule has 0 fully saturated rings. The SMILES string of the molecule is COc1cncc(C(C)C=O)c1. The van der Waals surface area contributed by atoms with Gasteiger partial charge in [0.15, 0.2) is 0 Å². The third kappa shape index (κ3) is 1.81. The second-order valence-electron chi connectivity index (χ2n) is 2.58. The summed E-state index contributed by atoms with van der Waals surface area (Å²) in [4.78, 5) is 14.4. The van der Waals surface area contributed by atoms with E-state index in [4.69, 9.17) is 4.74 Å². The number of carbonyl (C=O) groups excluding carboxylic acids is 1. The number of aldehydes is 1. The second kappa shape index (κ2) is 3.85. The van der Waals surface area contributed by atoms with Crippen LogP contribution in [0.1, 0.15) is 18.4 Å². The van der Waals surface area contributed by atoms with Crippen molar-refractivity contribution in [3.05, 3.63) is 24.0 Å². The minimum absolute atomic E-state index is 0.118. The van der Waals surface area contributed by atoms with Gasteiger partial charge < -0.3 is 9.53 Å². The Labute approximate surface area is 71.4 Å². The highest BCUT2D eigenvalue weighted by Gasteiger charge is 2.04. The molecule has 1 atom stereocenters. The number of ether oxygens (including phenoxy) is 1. The first-order valence-electron chi connectivity index (χ1n) is 3.72. The quantitative estimate of drug-likeness (QED) is 0.635. The maximum atomic E-state index is 10.4. The number of rotatable bonds is 3. The normalized spacial score (nSPS) is 12.2. The van der Waals surface area contributed by atoms with Gasteiger partial charge in [-0.05, 0) is 11.6 Å². The lowest BCUT2D eigenvalue weighted by molar-refractivity contribution is -0.108. The van der Waals surface area contributed by atoms with Crippen molar-refractivity contribution in [3.8, 4) is 5.75 Å². The first kappa shape index (κ1) is 8.71. The van der Waals surface area contributed by atoms with Crippen LogP contribution in [0.2, 0.25) is 0 Å². The van der Waals surface area contributed by atoms with Crippen molar-refractivity contribution >= 4 is 6.29 Å². The summed E-state index contributed by atoms with van der Waals surface area (Å²) in [5.74, 6) is 0.564. The van der Waals surface area contributed by atoms with Crippen LogP contribution >= 0.6 is 0 Å². The molecule has 0 aliphatic carbocycles. The smallest absolute Gasteiger partial charge is 0.137 e. The van der Waals surface area contributed by atoms with Crippen LogP contribution < -0.4 is 4.74 Å². The van der Waals surface area contributed by atoms with Crippen molar-refractivity contribution in [1.29, 1.82) is 0 Å². The Hall–Kier alpha value is -1.38. The van der Waals surface area contributed by atoms with E-state index in [2.05, 4.69) is 4.98 Å². The van der Waals surface area contributed by atoms with E-state index in [1.807, 2.05) is 13.0 Å². The molecule has 1 aromatic rings. The highest BCUT2D eigenvalue weighted by Crippen LogP contribution is 2.16. The van der Waals surface area contributed by atoms with E-state index in [0.29, 0.717) is 5.75 Å². The molecule has 0 bridgehead atoms. The molecule has 0 spiro atoms. The number of methoxy groups -OCH3 is 1. The van der Waals surface area contributed by atoms with Crippen molar-refractivity contribution in [2.24, 2.45) is 0 Å². The van der Waals surface area contributed by atoms with Crippen LogP contribution in [0, 0.1) is 0 Å². The minimum atomic E-state index is -0.118. The third-order valence-electron chi connectivity index (χ3n) is 1.70. The van der Waals surface area contributed by atoms with Crippen LogP contribution in [-0.2, 0) is 4.79 Å². The van der Waals surface area contributed by atoms with E-state index in [-0.39, 0.29) is 5.92 Å². The van der Waals surface area contributed by atoms with Crippen LogP contribution in [0.3, 0.4) is 0 Å². The van der Waals surface area contributed by atoms with Crippen molar-refractivity contribution in [1.82, 2.24) is 4.98 Å². The molecular weight excluding hydrogens is 154 g/mol. The average molecular weight is 165 g/mol. The number of carbonyl (C=O) groups is 1. The Kier molecular flexibility index (Phi) is 2.80. The predicted molar refractivity (Wildman–Crippen MR) is 45.3 cm³/mol. The summed E-state index contributed by atoms with van der Waals surface area (Å²) in [6.07, 6.45) is 4.17. The molecule has 12 heavy (non-hydrogen) atoms. The summed E-state index contributed by atoms with van der Waals surface area (Å²) < 4.78 is 4.97. The summed E-state index contributed by atoms with van der Waals surface area (Å²) in [6, 6.07) is 1.81. The highest BCUT2D eigenvalue weighted by atomic mass is 16.5. The Balaban J connectivity index is 2.93. The van der Waals surface area contributed by atoms with Gasteiger partial charge in [-0.15, -0.1) is 0 Å². The molecule has 0 aromatic carbocycles. The van der Waals surface area contributed by atoms with Crippen molar-refractivity contribution in [3.63, 3.8) is 0 Å². The van der Waals surface area contributed by atoms with E-state index in [1.165, 1.54) is 0 Å². The van der Waals surface area contributed by atoms with E-state index < -0.39 is 0 Å². The largest absolute Gasteiger partial charge is 0.495 e. The lowest BCUT2D eigenvalue weighted by Crippen LogP contribution is -1.96. The van der Waals surface area contributed by atoms with Crippen LogP contribution in [0.15, 0.2) is 18.5 Å². The number of hydrogen-bond donors (Lipinski definition) is 0. The lowest BCUT2D eigenvalue weighted by atomic mass is 10.1. The summed E-state index contributed by atoms with van der Waals surface area (Å²) >= 11 is 0. The standard InChI is InChI=1S/C9H11NO2/c1-7(6-11)8-3-9(12-2)5-10-4-8/h3-7H,1-2H3. The van der Waals surface area contributed by atoms with Crippen molar-refractivity contribution in [2.75, 3.05) is 7.11 Å². The Morgan fingerprint density at radius 1 is 1.58 bits per heavy atom. The minimum Gasteiger partial charge on any atom is -0.495 e. The fourth-order valence-corrected chi connectivity index (χ4v) is 0.875. The first-order valence-corrected chi connectivity index (χ1v) is 3.72. The summed E-state index contributed by atoms with van der Waals surface area (Å²) in [5.41, 5.74) is 0.879. The molecule has 64 valence electrons. The number of aromatic nitrogens is 1. The molecule has 3 heteroatoms. The first-order chi connectivity index (χ1) is 5.77. The molecule has 1 heterocycles. The van der Waals surface area contributed by atoms with Gasteiger partial charge in [0.1, 0.15) is 12.0 Å². The zero-order chi connectivity index (χ0) is 8.97. The Morgan fingerprint density at radius 2 is 2.33 bits per heavy atom. The van der Waals surface area contributed by atoms with Gasteiger partial charge in [-0.25, -0.2) is 0 Å². The third-order valence-corrected chi connectivity index (χ3v) is 1.70. The van der Waals surface area contributed by atoms with Gasteiger partial charge in [0.2, 0.25) is 0 Å². The summed E-state index contributed by atoms with van der Waals surface area (Å²) in [6.45, 7) is 1.82. The summed E-state index contributed by atoms with van der Waals surface area (Å²) in [7, 11) is 1.58. The van der Waals surface area contributed by atoms with Gasteiger partial charge in [0.25, 0.3) is 0 Å². The molecule has 1 unspecified atom stereocenters. The van der Waals surface area contributed by atoms with Crippen LogP contribution in [-0.4, -0.2) is 18.4 Å². The van der Waals surface area contributed by atoms with Gasteiger partial charge in [-0.1, -0.05) is 6.92 Å². The molecule has 0 aliphatic heterocycles. The topological polar surface area (TPSA) is 39.2 Å². The molecule has 0 aliphatic rings. The molecule has 1 aromatic heterocycles. The van der Waals surface area contributed by atoms with Gasteiger partial charge in [0, 0.05) is 12.1 Å². The predicted octanol–water partition coefficient (Wildman–Crippen LogP) is 1.39. The highest BCUT2D eigenvalue weighted by molar-refractivity contribution is 5.61. The van der Waals surface area contributed by atoms with Gasteiger partial charge in [-0.2, -0.15) is 0 Å². The molecule has 0 N–H and O–H groups in total. The van der Waals surface area contributed by atoms with Gasteiger partial charge >= 0.3 is 0 Å². The molecule has 0 saturated carbocycles. The maximum absolute atomic E-state index is 10.4. The van der Waals surface area contributed by atoms with Crippen LogP contribution in [0.5, 0.6) is 5.75 Å². The summed E-state index contributed by atoms with van der Waals surface area (Å²) in [5, 5.41) is 0. The Morgan fingerprint density at radius 3 is 2.92 bits per heavy atom. The van der Waals surface area contributed by atoms with Gasteiger partial charge in [-0.3, -0.25) is 4.98 Å². The number of pyridine rings is 1. The monoisotopic (exact) mass is 165 g/mol. The van der Waals surface area contributed by atoms with E-state index in [9.17, 15) is 4.79 Å². The fourth-order valence-electron chi connectivity index (χ4n) is 0.875. The second-order valence-corrected chi connectivity index (χ2v) is 2.58. The van der Waals surface area contributed by atoms with E-state index >= 15 is 0 Å². The Bertz CT molecular complexity index is 273. The van der Waals surface area contributed by atoms with Crippen molar-refractivity contribution in [2.45, 2.75) is 12.8 Å². The van der Waals surface area contributed by atoms with Crippen molar-refractivity contribution < 1.29 is 9.53 Å². The molecule has 1 rings (SSSR count). The van der Waals surface area contributed by atoms with E-state index in [1.54, 1.807) is 19.5 Å². The number of nitrogens with zero attached hydrogens (tertiary/aromatic N) is 1. The molecular formula is C9H11NO2. The molecule has 0 radical (unpaired) electrons. The average Bonchev–Trinajstić information content (AvgIpc) is 2.17. The van der Waals surface area contributed by atoms with Crippen LogP contribution in [0.25, 0.3) is 0 Å². The fraction of sp³-hybridized carbons (Fsp3) is 0.333. The molecule has 3 nitrogen and oxygen atoms in total. The molecule has 0 amide bonds. The maximum Gasteiger partial charge on any atom is 0.137 e. The van der Waals surface area contributed by atoms with Gasteiger partial charge in [0.05, 0.1) is 13.3 Å². The zero-order valence-electron chi connectivity index (χ0n) is 7.15. The van der Waals surface area contributed by atoms with E-state index in [0.717, 1.165) is 11.8 Å².